The summed E-state index contributed by atoms with van der Waals surface area (Å²) in [6.07, 6.45) is 0. The van der Waals surface area contributed by atoms with E-state index in [1.165, 1.54) is 5.56 Å². The van der Waals surface area contributed by atoms with E-state index in [0.29, 0.717) is 17.6 Å². The van der Waals surface area contributed by atoms with E-state index >= 15 is 0 Å². The van der Waals surface area contributed by atoms with E-state index in [2.05, 4.69) is 30.7 Å². The zero-order valence-electron chi connectivity index (χ0n) is 12.8. The molecule has 1 aliphatic rings. The van der Waals surface area contributed by atoms with Crippen LogP contribution < -0.4 is 0 Å². The predicted molar refractivity (Wildman–Crippen MR) is 80.1 cm³/mol. The molecule has 20 heavy (non-hydrogen) atoms. The number of likely N-dealkylation sites (N-methyl/N-ethyl adjacent to an activating group) is 1. The molecule has 2 atom stereocenters. The molecule has 1 fully saturated rings. The molecule has 1 N–H and O–H groups in total. The van der Waals surface area contributed by atoms with Crippen LogP contribution in [0.25, 0.3) is 0 Å². The van der Waals surface area contributed by atoms with Crippen LogP contribution >= 0.6 is 0 Å². The van der Waals surface area contributed by atoms with Gasteiger partial charge in [0.2, 0.25) is 0 Å². The van der Waals surface area contributed by atoms with Crippen LogP contribution in [-0.2, 0) is 6.54 Å². The SMILES string of the molecule is Cc1cc(C(=O)O)ccc1CN1CC(C)N(C)C(C)C1. The van der Waals surface area contributed by atoms with E-state index in [9.17, 15) is 4.79 Å². The number of benzene rings is 1. The van der Waals surface area contributed by atoms with Crippen molar-refractivity contribution in [1.82, 2.24) is 9.80 Å². The predicted octanol–water partition coefficient (Wildman–Crippen LogP) is 2.22. The molecule has 0 amide bonds. The number of carboxylic acid groups (broad SMARTS) is 1. The molecule has 1 saturated heterocycles. The van der Waals surface area contributed by atoms with Crippen LogP contribution in [0.4, 0.5) is 0 Å². The van der Waals surface area contributed by atoms with Gasteiger partial charge in [0, 0.05) is 31.7 Å². The largest absolute Gasteiger partial charge is 0.478 e. The van der Waals surface area contributed by atoms with Crippen molar-refractivity contribution < 1.29 is 9.90 Å². The molecule has 0 spiro atoms. The first-order valence-corrected chi connectivity index (χ1v) is 7.15. The molecule has 0 bridgehead atoms. The molecule has 4 heteroatoms. The summed E-state index contributed by atoms with van der Waals surface area (Å²) in [5.74, 6) is -0.860. The maximum atomic E-state index is 11.0. The molecule has 1 aliphatic heterocycles. The van der Waals surface area contributed by atoms with Crippen LogP contribution in [0.5, 0.6) is 0 Å². The van der Waals surface area contributed by atoms with Crippen molar-refractivity contribution in [2.45, 2.75) is 39.4 Å². The molecule has 2 rings (SSSR count). The van der Waals surface area contributed by atoms with Crippen LogP contribution in [0, 0.1) is 6.92 Å². The van der Waals surface area contributed by atoms with Gasteiger partial charge in [0.1, 0.15) is 0 Å². The molecule has 4 nitrogen and oxygen atoms in total. The molecular formula is C16H24N2O2. The van der Waals surface area contributed by atoms with Gasteiger partial charge >= 0.3 is 5.97 Å². The summed E-state index contributed by atoms with van der Waals surface area (Å²) in [4.78, 5) is 15.8. The highest BCUT2D eigenvalue weighted by Gasteiger charge is 2.26. The molecule has 0 aromatic heterocycles. The summed E-state index contributed by atoms with van der Waals surface area (Å²) in [6.45, 7) is 9.51. The Morgan fingerprint density at radius 1 is 1.30 bits per heavy atom. The van der Waals surface area contributed by atoms with Gasteiger partial charge in [-0.3, -0.25) is 9.80 Å². The fourth-order valence-corrected chi connectivity index (χ4v) is 2.89. The minimum atomic E-state index is -0.860. The molecule has 0 aliphatic carbocycles. The van der Waals surface area contributed by atoms with Gasteiger partial charge in [0.15, 0.2) is 0 Å². The van der Waals surface area contributed by atoms with E-state index in [1.807, 2.05) is 13.0 Å². The van der Waals surface area contributed by atoms with Crippen molar-refractivity contribution in [3.05, 3.63) is 34.9 Å². The normalized spacial score (nSPS) is 24.8. The average Bonchev–Trinajstić information content (AvgIpc) is 2.38. The summed E-state index contributed by atoms with van der Waals surface area (Å²) < 4.78 is 0. The number of aromatic carboxylic acids is 1. The van der Waals surface area contributed by atoms with Gasteiger partial charge in [-0.05, 0) is 51.1 Å². The molecule has 0 radical (unpaired) electrons. The van der Waals surface area contributed by atoms with Crippen molar-refractivity contribution in [3.8, 4) is 0 Å². The van der Waals surface area contributed by atoms with Crippen molar-refractivity contribution in [2.75, 3.05) is 20.1 Å². The Kier molecular flexibility index (Phi) is 4.45. The topological polar surface area (TPSA) is 43.8 Å². The number of hydrogen-bond acceptors (Lipinski definition) is 3. The number of nitrogens with zero attached hydrogens (tertiary/aromatic N) is 2. The van der Waals surface area contributed by atoms with Crippen LogP contribution in [0.2, 0.25) is 0 Å². The van der Waals surface area contributed by atoms with Crippen molar-refractivity contribution in [1.29, 1.82) is 0 Å². The third-order valence-electron chi connectivity index (χ3n) is 4.42. The van der Waals surface area contributed by atoms with Gasteiger partial charge in [-0.15, -0.1) is 0 Å². The summed E-state index contributed by atoms with van der Waals surface area (Å²) >= 11 is 0. The first-order valence-electron chi connectivity index (χ1n) is 7.15. The highest BCUT2D eigenvalue weighted by atomic mass is 16.4. The highest BCUT2D eigenvalue weighted by Crippen LogP contribution is 2.18. The van der Waals surface area contributed by atoms with E-state index in [0.717, 1.165) is 25.2 Å². The molecule has 1 aromatic carbocycles. The Hall–Kier alpha value is -1.39. The van der Waals surface area contributed by atoms with Crippen LogP contribution in [0.15, 0.2) is 18.2 Å². The smallest absolute Gasteiger partial charge is 0.335 e. The molecule has 0 saturated carbocycles. The maximum absolute atomic E-state index is 11.0. The second-order valence-corrected chi connectivity index (χ2v) is 6.00. The first-order chi connectivity index (χ1) is 9.38. The lowest BCUT2D eigenvalue weighted by Crippen LogP contribution is -2.54. The summed E-state index contributed by atoms with van der Waals surface area (Å²) in [7, 11) is 2.18. The Bertz CT molecular complexity index is 489. The van der Waals surface area contributed by atoms with Crippen LogP contribution in [-0.4, -0.2) is 53.1 Å². The Morgan fingerprint density at radius 3 is 2.40 bits per heavy atom. The molecular weight excluding hydrogens is 252 g/mol. The van der Waals surface area contributed by atoms with E-state index in [-0.39, 0.29) is 0 Å². The first kappa shape index (κ1) is 15.0. The summed E-state index contributed by atoms with van der Waals surface area (Å²) in [6, 6.07) is 6.52. The third-order valence-corrected chi connectivity index (χ3v) is 4.42. The summed E-state index contributed by atoms with van der Waals surface area (Å²) in [5, 5.41) is 9.00. The average molecular weight is 276 g/mol. The minimum Gasteiger partial charge on any atom is -0.478 e. The van der Waals surface area contributed by atoms with Gasteiger partial charge in [-0.1, -0.05) is 6.07 Å². The second-order valence-electron chi connectivity index (χ2n) is 6.00. The lowest BCUT2D eigenvalue weighted by molar-refractivity contribution is 0.0555. The van der Waals surface area contributed by atoms with Gasteiger partial charge < -0.3 is 5.11 Å². The number of carbonyl (C=O) groups is 1. The monoisotopic (exact) mass is 276 g/mol. The number of aryl methyl sites for hydroxylation is 1. The number of piperazine rings is 1. The molecule has 2 unspecified atom stereocenters. The fourth-order valence-electron chi connectivity index (χ4n) is 2.89. The maximum Gasteiger partial charge on any atom is 0.335 e. The van der Waals surface area contributed by atoms with Gasteiger partial charge in [0.25, 0.3) is 0 Å². The van der Waals surface area contributed by atoms with Crippen molar-refractivity contribution in [3.63, 3.8) is 0 Å². The van der Waals surface area contributed by atoms with Gasteiger partial charge in [0.05, 0.1) is 5.56 Å². The zero-order chi connectivity index (χ0) is 14.9. The Balaban J connectivity index is 2.09. The van der Waals surface area contributed by atoms with Crippen molar-refractivity contribution in [2.24, 2.45) is 0 Å². The summed E-state index contributed by atoms with van der Waals surface area (Å²) in [5.41, 5.74) is 2.65. The standard InChI is InChI=1S/C16H24N2O2/c1-11-7-14(16(19)20)5-6-15(11)10-18-8-12(2)17(4)13(3)9-18/h5-7,12-13H,8-10H2,1-4H3,(H,19,20). The zero-order valence-corrected chi connectivity index (χ0v) is 12.8. The van der Waals surface area contributed by atoms with E-state index in [1.54, 1.807) is 12.1 Å². The third kappa shape index (κ3) is 3.19. The quantitative estimate of drug-likeness (QED) is 0.919. The number of rotatable bonds is 3. The lowest BCUT2D eigenvalue weighted by Gasteiger charge is -2.42. The minimum absolute atomic E-state index is 0.367. The highest BCUT2D eigenvalue weighted by molar-refractivity contribution is 5.87. The number of carboxylic acids is 1. The number of hydrogen-bond donors (Lipinski definition) is 1. The van der Waals surface area contributed by atoms with E-state index < -0.39 is 5.97 Å². The second kappa shape index (κ2) is 5.94. The Labute approximate surface area is 121 Å². The lowest BCUT2D eigenvalue weighted by atomic mass is 10.0. The van der Waals surface area contributed by atoms with E-state index in [4.69, 9.17) is 5.11 Å². The van der Waals surface area contributed by atoms with Crippen molar-refractivity contribution >= 4 is 5.97 Å². The molecule has 110 valence electrons. The van der Waals surface area contributed by atoms with Gasteiger partial charge in [-0.25, -0.2) is 4.79 Å². The van der Waals surface area contributed by atoms with Gasteiger partial charge in [-0.2, -0.15) is 0 Å². The molecule has 1 aromatic rings. The van der Waals surface area contributed by atoms with Crippen LogP contribution in [0.1, 0.15) is 35.3 Å². The van der Waals surface area contributed by atoms with Crippen LogP contribution in [0.3, 0.4) is 0 Å². The molecule has 1 heterocycles. The fraction of sp³-hybridized carbons (Fsp3) is 0.562. The Morgan fingerprint density at radius 2 is 1.90 bits per heavy atom.